The van der Waals surface area contributed by atoms with Crippen molar-refractivity contribution < 1.29 is 28.2 Å². The van der Waals surface area contributed by atoms with Crippen LogP contribution in [0.15, 0.2) is 24.3 Å². The standard InChI is InChI=1S/C12H17NO6S/c1-3-20(17,18)13-10(12(15)16)11(14)8-4-6-9(19-2)7-5-8/h4-7,10-11,13-14H,3H2,1-2H3,(H,15,16). The van der Waals surface area contributed by atoms with Crippen LogP contribution in [0.4, 0.5) is 0 Å². The van der Waals surface area contributed by atoms with Gasteiger partial charge in [-0.3, -0.25) is 4.79 Å². The van der Waals surface area contributed by atoms with E-state index in [0.29, 0.717) is 5.75 Å². The fourth-order valence-electron chi connectivity index (χ4n) is 1.52. The molecule has 0 fully saturated rings. The Labute approximate surface area is 117 Å². The first-order valence-electron chi connectivity index (χ1n) is 5.85. The van der Waals surface area contributed by atoms with Crippen molar-refractivity contribution in [1.29, 1.82) is 0 Å². The van der Waals surface area contributed by atoms with Gasteiger partial charge in [0.15, 0.2) is 0 Å². The van der Waals surface area contributed by atoms with Gasteiger partial charge in [-0.25, -0.2) is 8.42 Å². The SMILES string of the molecule is CCS(=O)(=O)NC(C(=O)O)C(O)c1ccc(OC)cc1. The Balaban J connectivity index is 2.99. The average Bonchev–Trinajstić information content (AvgIpc) is 2.44. The number of benzene rings is 1. The fraction of sp³-hybridized carbons (Fsp3) is 0.417. The summed E-state index contributed by atoms with van der Waals surface area (Å²) in [6.45, 7) is 1.38. The molecule has 0 bridgehead atoms. The molecule has 0 amide bonds. The number of rotatable bonds is 7. The molecular formula is C12H17NO6S. The maximum Gasteiger partial charge on any atom is 0.324 e. The summed E-state index contributed by atoms with van der Waals surface area (Å²) >= 11 is 0. The summed E-state index contributed by atoms with van der Waals surface area (Å²) in [5.74, 6) is -1.18. The molecule has 7 nitrogen and oxygen atoms in total. The number of aliphatic carboxylic acids is 1. The van der Waals surface area contributed by atoms with Gasteiger partial charge in [-0.05, 0) is 24.6 Å². The quantitative estimate of drug-likeness (QED) is 0.659. The third-order valence-electron chi connectivity index (χ3n) is 2.73. The highest BCUT2D eigenvalue weighted by molar-refractivity contribution is 7.89. The average molecular weight is 303 g/mol. The molecule has 1 aromatic carbocycles. The largest absolute Gasteiger partial charge is 0.497 e. The predicted molar refractivity (Wildman–Crippen MR) is 72.0 cm³/mol. The number of hydrogen-bond donors (Lipinski definition) is 3. The smallest absolute Gasteiger partial charge is 0.324 e. The molecule has 0 aromatic heterocycles. The van der Waals surface area contributed by atoms with Crippen molar-refractivity contribution in [2.45, 2.75) is 19.1 Å². The van der Waals surface area contributed by atoms with Gasteiger partial charge in [0.1, 0.15) is 17.9 Å². The Hall–Kier alpha value is -1.64. The molecule has 20 heavy (non-hydrogen) atoms. The van der Waals surface area contributed by atoms with Gasteiger partial charge < -0.3 is 14.9 Å². The number of hydrogen-bond acceptors (Lipinski definition) is 5. The van der Waals surface area contributed by atoms with Crippen LogP contribution in [-0.4, -0.2) is 43.5 Å². The Morgan fingerprint density at radius 2 is 1.90 bits per heavy atom. The summed E-state index contributed by atoms with van der Waals surface area (Å²) in [7, 11) is -2.27. The van der Waals surface area contributed by atoms with E-state index in [1.165, 1.54) is 26.2 Å². The van der Waals surface area contributed by atoms with Crippen molar-refractivity contribution in [3.63, 3.8) is 0 Å². The van der Waals surface area contributed by atoms with Crippen LogP contribution in [0.3, 0.4) is 0 Å². The topological polar surface area (TPSA) is 113 Å². The molecule has 0 saturated heterocycles. The van der Waals surface area contributed by atoms with Crippen LogP contribution in [-0.2, 0) is 14.8 Å². The summed E-state index contributed by atoms with van der Waals surface area (Å²) < 4.78 is 29.8. The van der Waals surface area contributed by atoms with Crippen LogP contribution in [0, 0.1) is 0 Å². The molecule has 112 valence electrons. The third kappa shape index (κ3) is 4.19. The van der Waals surface area contributed by atoms with Crippen molar-refractivity contribution in [3.8, 4) is 5.75 Å². The van der Waals surface area contributed by atoms with Crippen LogP contribution >= 0.6 is 0 Å². The zero-order valence-corrected chi connectivity index (χ0v) is 11.9. The number of methoxy groups -OCH3 is 1. The molecule has 0 spiro atoms. The molecule has 0 aliphatic heterocycles. The number of carboxylic acids is 1. The number of aliphatic hydroxyl groups excluding tert-OH is 1. The zero-order chi connectivity index (χ0) is 15.3. The lowest BCUT2D eigenvalue weighted by molar-refractivity contribution is -0.141. The molecule has 2 unspecified atom stereocenters. The second-order valence-corrected chi connectivity index (χ2v) is 6.10. The molecule has 0 aliphatic carbocycles. The summed E-state index contributed by atoms with van der Waals surface area (Å²) in [6.07, 6.45) is -1.50. The summed E-state index contributed by atoms with van der Waals surface area (Å²) in [4.78, 5) is 11.1. The van der Waals surface area contributed by atoms with Gasteiger partial charge in [-0.15, -0.1) is 0 Å². The fourth-order valence-corrected chi connectivity index (χ4v) is 2.30. The van der Waals surface area contributed by atoms with Gasteiger partial charge in [0.2, 0.25) is 10.0 Å². The van der Waals surface area contributed by atoms with E-state index in [1.54, 1.807) is 12.1 Å². The third-order valence-corrected chi connectivity index (χ3v) is 4.10. The Kier molecular flexibility index (Phi) is 5.49. The molecular weight excluding hydrogens is 286 g/mol. The van der Waals surface area contributed by atoms with E-state index in [0.717, 1.165) is 0 Å². The minimum Gasteiger partial charge on any atom is -0.497 e. The molecule has 0 heterocycles. The van der Waals surface area contributed by atoms with Crippen molar-refractivity contribution in [2.75, 3.05) is 12.9 Å². The van der Waals surface area contributed by atoms with E-state index in [1.807, 2.05) is 4.72 Å². The van der Waals surface area contributed by atoms with Gasteiger partial charge in [0.25, 0.3) is 0 Å². The Bertz CT molecular complexity index is 554. The lowest BCUT2D eigenvalue weighted by Gasteiger charge is -2.20. The first-order valence-corrected chi connectivity index (χ1v) is 7.50. The summed E-state index contributed by atoms with van der Waals surface area (Å²) in [5.41, 5.74) is 0.275. The van der Waals surface area contributed by atoms with E-state index in [9.17, 15) is 18.3 Å². The highest BCUT2D eigenvalue weighted by atomic mass is 32.2. The van der Waals surface area contributed by atoms with Crippen LogP contribution in [0.25, 0.3) is 0 Å². The number of nitrogens with one attached hydrogen (secondary N) is 1. The lowest BCUT2D eigenvalue weighted by Crippen LogP contribution is -2.45. The Morgan fingerprint density at radius 1 is 1.35 bits per heavy atom. The number of carbonyl (C=O) groups is 1. The second kappa shape index (κ2) is 6.69. The molecule has 8 heteroatoms. The van der Waals surface area contributed by atoms with E-state index in [2.05, 4.69) is 0 Å². The van der Waals surface area contributed by atoms with Gasteiger partial charge in [-0.2, -0.15) is 4.72 Å². The number of aliphatic hydroxyl groups is 1. The molecule has 0 radical (unpaired) electrons. The number of sulfonamides is 1. The maximum absolute atomic E-state index is 11.4. The molecule has 2 atom stereocenters. The van der Waals surface area contributed by atoms with Crippen LogP contribution in [0.1, 0.15) is 18.6 Å². The lowest BCUT2D eigenvalue weighted by atomic mass is 10.0. The first-order chi connectivity index (χ1) is 9.30. The first kappa shape index (κ1) is 16.4. The van der Waals surface area contributed by atoms with Gasteiger partial charge in [0, 0.05) is 0 Å². The van der Waals surface area contributed by atoms with E-state index in [-0.39, 0.29) is 11.3 Å². The summed E-state index contributed by atoms with van der Waals surface area (Å²) in [5, 5.41) is 19.1. The van der Waals surface area contributed by atoms with E-state index >= 15 is 0 Å². The predicted octanol–water partition coefficient (Wildman–Crippen LogP) is 0.121. The molecule has 0 saturated carbocycles. The van der Waals surface area contributed by atoms with Crippen molar-refractivity contribution in [3.05, 3.63) is 29.8 Å². The zero-order valence-electron chi connectivity index (χ0n) is 11.1. The van der Waals surface area contributed by atoms with Crippen molar-refractivity contribution in [2.24, 2.45) is 0 Å². The molecule has 0 aliphatic rings. The number of ether oxygens (including phenoxy) is 1. The minimum atomic E-state index is -3.75. The van der Waals surface area contributed by atoms with Crippen molar-refractivity contribution >= 4 is 16.0 Å². The van der Waals surface area contributed by atoms with Crippen LogP contribution in [0.2, 0.25) is 0 Å². The molecule has 3 N–H and O–H groups in total. The highest BCUT2D eigenvalue weighted by Gasteiger charge is 2.31. The number of carboxylic acid groups (broad SMARTS) is 1. The van der Waals surface area contributed by atoms with Gasteiger partial charge in [-0.1, -0.05) is 12.1 Å². The monoisotopic (exact) mass is 303 g/mol. The highest BCUT2D eigenvalue weighted by Crippen LogP contribution is 2.21. The summed E-state index contributed by atoms with van der Waals surface area (Å²) in [6, 6.07) is 4.39. The maximum atomic E-state index is 11.4. The van der Waals surface area contributed by atoms with Crippen LogP contribution < -0.4 is 9.46 Å². The minimum absolute atomic E-state index is 0.272. The van der Waals surface area contributed by atoms with E-state index < -0.39 is 28.1 Å². The van der Waals surface area contributed by atoms with E-state index in [4.69, 9.17) is 9.84 Å². The molecule has 1 aromatic rings. The molecule has 1 rings (SSSR count). The van der Waals surface area contributed by atoms with Crippen molar-refractivity contribution in [1.82, 2.24) is 4.72 Å². The second-order valence-electron chi connectivity index (χ2n) is 4.06. The normalized spacial score (nSPS) is 14.6. The van der Waals surface area contributed by atoms with Crippen LogP contribution in [0.5, 0.6) is 5.75 Å². The van der Waals surface area contributed by atoms with Gasteiger partial charge in [0.05, 0.1) is 12.9 Å². The van der Waals surface area contributed by atoms with Gasteiger partial charge >= 0.3 is 5.97 Å². The Morgan fingerprint density at radius 3 is 2.30 bits per heavy atom.